The fourth-order valence-corrected chi connectivity index (χ4v) is 2.25. The number of hydrogen-bond donors (Lipinski definition) is 2. The van der Waals surface area contributed by atoms with Gasteiger partial charge in [-0.05, 0) is 44.5 Å². The van der Waals surface area contributed by atoms with Crippen LogP contribution in [0.2, 0.25) is 0 Å². The summed E-state index contributed by atoms with van der Waals surface area (Å²) in [7, 11) is -3.82. The van der Waals surface area contributed by atoms with Gasteiger partial charge in [0.15, 0.2) is 0 Å². The number of amides is 1. The Morgan fingerprint density at radius 1 is 1.35 bits per heavy atom. The zero-order chi connectivity index (χ0) is 15.3. The molecule has 1 rings (SSSR count). The van der Waals surface area contributed by atoms with E-state index in [2.05, 4.69) is 5.32 Å². The smallest absolute Gasteiger partial charge is 0.251 e. The van der Waals surface area contributed by atoms with Gasteiger partial charge in [0, 0.05) is 12.1 Å². The molecule has 0 aromatic heterocycles. The molecule has 1 aromatic rings. The maximum atomic E-state index is 11.9. The number of nitrogens with two attached hydrogens (primary N) is 1. The molecule has 0 saturated heterocycles. The van der Waals surface area contributed by atoms with Crippen LogP contribution in [-0.2, 0) is 14.8 Å². The largest absolute Gasteiger partial charge is 0.377 e. The van der Waals surface area contributed by atoms with E-state index in [-0.39, 0.29) is 22.5 Å². The van der Waals surface area contributed by atoms with Crippen molar-refractivity contribution in [2.24, 2.45) is 5.14 Å². The monoisotopic (exact) mass is 300 g/mol. The van der Waals surface area contributed by atoms with E-state index in [1.807, 2.05) is 13.8 Å². The molecule has 0 radical (unpaired) electrons. The van der Waals surface area contributed by atoms with E-state index in [4.69, 9.17) is 9.88 Å². The number of ether oxygens (including phenoxy) is 1. The zero-order valence-electron chi connectivity index (χ0n) is 11.8. The van der Waals surface area contributed by atoms with Crippen molar-refractivity contribution in [1.82, 2.24) is 5.32 Å². The van der Waals surface area contributed by atoms with Crippen LogP contribution in [0, 0.1) is 6.92 Å². The van der Waals surface area contributed by atoms with E-state index in [1.165, 1.54) is 12.1 Å². The first kappa shape index (κ1) is 16.6. The second-order valence-corrected chi connectivity index (χ2v) is 6.32. The number of carbonyl (C=O) groups excluding carboxylic acids is 1. The summed E-state index contributed by atoms with van der Waals surface area (Å²) in [4.78, 5) is 11.9. The Hall–Kier alpha value is -1.44. The van der Waals surface area contributed by atoms with Crippen LogP contribution in [0.5, 0.6) is 0 Å². The first-order chi connectivity index (χ1) is 9.20. The van der Waals surface area contributed by atoms with Crippen molar-refractivity contribution >= 4 is 15.9 Å². The average molecular weight is 300 g/mol. The van der Waals surface area contributed by atoms with Gasteiger partial charge in [0.25, 0.3) is 5.91 Å². The molecule has 1 amide bonds. The number of primary sulfonamides is 1. The number of aryl methyl sites for hydroxylation is 1. The van der Waals surface area contributed by atoms with Crippen molar-refractivity contribution in [1.29, 1.82) is 0 Å². The molecule has 1 aromatic carbocycles. The number of carbonyl (C=O) groups is 1. The van der Waals surface area contributed by atoms with Crippen LogP contribution in [0.3, 0.4) is 0 Å². The molecule has 0 aliphatic carbocycles. The highest BCUT2D eigenvalue weighted by Gasteiger charge is 2.13. The maximum absolute atomic E-state index is 11.9. The lowest BCUT2D eigenvalue weighted by molar-refractivity contribution is 0.0746. The molecule has 0 atom stereocenters. The van der Waals surface area contributed by atoms with Crippen LogP contribution in [0.15, 0.2) is 23.1 Å². The molecule has 0 fully saturated rings. The summed E-state index contributed by atoms with van der Waals surface area (Å²) in [5.74, 6) is -0.356. The van der Waals surface area contributed by atoms with E-state index in [0.29, 0.717) is 18.7 Å². The van der Waals surface area contributed by atoms with Crippen molar-refractivity contribution < 1.29 is 17.9 Å². The summed E-state index contributed by atoms with van der Waals surface area (Å²) in [6.07, 6.45) is 0.0971. The summed E-state index contributed by atoms with van der Waals surface area (Å²) in [5, 5.41) is 7.73. The quantitative estimate of drug-likeness (QED) is 0.759. The lowest BCUT2D eigenvalue weighted by Crippen LogP contribution is -2.28. The summed E-state index contributed by atoms with van der Waals surface area (Å²) in [5.41, 5.74) is 0.915. The van der Waals surface area contributed by atoms with Gasteiger partial charge in [0.1, 0.15) is 0 Å². The molecule has 0 aliphatic heterocycles. The van der Waals surface area contributed by atoms with Crippen molar-refractivity contribution in [2.75, 3.05) is 13.2 Å². The van der Waals surface area contributed by atoms with Gasteiger partial charge >= 0.3 is 0 Å². The van der Waals surface area contributed by atoms with Gasteiger partial charge in [-0.2, -0.15) is 0 Å². The lowest BCUT2D eigenvalue weighted by Gasteiger charge is -2.10. The molecule has 0 spiro atoms. The highest BCUT2D eigenvalue weighted by Crippen LogP contribution is 2.13. The highest BCUT2D eigenvalue weighted by atomic mass is 32.2. The van der Waals surface area contributed by atoms with Crippen LogP contribution in [0.25, 0.3) is 0 Å². The van der Waals surface area contributed by atoms with Gasteiger partial charge in [-0.25, -0.2) is 13.6 Å². The van der Waals surface area contributed by atoms with E-state index in [9.17, 15) is 13.2 Å². The summed E-state index contributed by atoms with van der Waals surface area (Å²) in [6, 6.07) is 4.29. The molecule has 0 saturated carbocycles. The van der Waals surface area contributed by atoms with E-state index >= 15 is 0 Å². The molecule has 3 N–H and O–H groups in total. The minimum absolute atomic E-state index is 0.0684. The third-order valence-corrected chi connectivity index (χ3v) is 3.37. The van der Waals surface area contributed by atoms with E-state index in [0.717, 1.165) is 0 Å². The standard InChI is InChI=1S/C13H20N2O4S/c1-9(2)19-5-4-15-13(16)11-6-10(3)7-12(8-11)20(14,17)18/h6-9H,4-5H2,1-3H3,(H,15,16)(H2,14,17,18). The Morgan fingerprint density at radius 3 is 2.55 bits per heavy atom. The number of nitrogens with one attached hydrogen (secondary N) is 1. The van der Waals surface area contributed by atoms with E-state index in [1.54, 1.807) is 13.0 Å². The highest BCUT2D eigenvalue weighted by molar-refractivity contribution is 7.89. The number of rotatable bonds is 6. The molecule has 0 bridgehead atoms. The Balaban J connectivity index is 2.76. The Kier molecular flexibility index (Phi) is 5.67. The number of sulfonamides is 1. The molecule has 7 heteroatoms. The molecule has 0 aliphatic rings. The Bertz CT molecular complexity index is 582. The first-order valence-electron chi connectivity index (χ1n) is 6.24. The molecule has 112 valence electrons. The maximum Gasteiger partial charge on any atom is 0.251 e. The van der Waals surface area contributed by atoms with Crippen LogP contribution in [-0.4, -0.2) is 33.6 Å². The molecular formula is C13H20N2O4S. The van der Waals surface area contributed by atoms with Crippen LogP contribution >= 0.6 is 0 Å². The average Bonchev–Trinajstić information content (AvgIpc) is 2.32. The first-order valence-corrected chi connectivity index (χ1v) is 7.79. The van der Waals surface area contributed by atoms with Gasteiger partial charge in [-0.1, -0.05) is 0 Å². The van der Waals surface area contributed by atoms with Gasteiger partial charge in [0.05, 0.1) is 17.6 Å². The van der Waals surface area contributed by atoms with Gasteiger partial charge in [-0.15, -0.1) is 0 Å². The summed E-state index contributed by atoms with van der Waals surface area (Å²) >= 11 is 0. The second kappa shape index (κ2) is 6.83. The molecule has 0 unspecified atom stereocenters. The van der Waals surface area contributed by atoms with Gasteiger partial charge in [0.2, 0.25) is 10.0 Å². The number of benzene rings is 1. The molecular weight excluding hydrogens is 280 g/mol. The van der Waals surface area contributed by atoms with Crippen molar-refractivity contribution in [3.63, 3.8) is 0 Å². The fraction of sp³-hybridized carbons (Fsp3) is 0.462. The number of hydrogen-bond acceptors (Lipinski definition) is 4. The van der Waals surface area contributed by atoms with Crippen LogP contribution in [0.1, 0.15) is 29.8 Å². The Labute approximate surface area is 119 Å². The normalized spacial score (nSPS) is 11.7. The summed E-state index contributed by atoms with van der Waals surface area (Å²) < 4.78 is 27.9. The van der Waals surface area contributed by atoms with E-state index < -0.39 is 10.0 Å². The molecule has 20 heavy (non-hydrogen) atoms. The minimum Gasteiger partial charge on any atom is -0.377 e. The minimum atomic E-state index is -3.82. The van der Waals surface area contributed by atoms with Crippen LogP contribution < -0.4 is 10.5 Å². The molecule has 0 heterocycles. The zero-order valence-corrected chi connectivity index (χ0v) is 12.7. The topological polar surface area (TPSA) is 98.5 Å². The predicted octanol–water partition coefficient (Wildman–Crippen LogP) is 0.797. The second-order valence-electron chi connectivity index (χ2n) is 4.76. The van der Waals surface area contributed by atoms with Gasteiger partial charge in [-0.3, -0.25) is 4.79 Å². The van der Waals surface area contributed by atoms with Crippen molar-refractivity contribution in [3.8, 4) is 0 Å². The Morgan fingerprint density at radius 2 is 2.00 bits per heavy atom. The van der Waals surface area contributed by atoms with Crippen molar-refractivity contribution in [2.45, 2.75) is 31.8 Å². The molecule has 6 nitrogen and oxygen atoms in total. The summed E-state index contributed by atoms with van der Waals surface area (Å²) in [6.45, 7) is 6.27. The van der Waals surface area contributed by atoms with Crippen LogP contribution in [0.4, 0.5) is 0 Å². The van der Waals surface area contributed by atoms with Crippen molar-refractivity contribution in [3.05, 3.63) is 29.3 Å². The third-order valence-electron chi connectivity index (χ3n) is 2.48. The van der Waals surface area contributed by atoms with Gasteiger partial charge < -0.3 is 10.1 Å². The third kappa shape index (κ3) is 5.28. The fourth-order valence-electron chi connectivity index (χ4n) is 1.60. The predicted molar refractivity (Wildman–Crippen MR) is 76.0 cm³/mol. The SMILES string of the molecule is Cc1cc(C(=O)NCCOC(C)C)cc(S(N)(=O)=O)c1. The lowest BCUT2D eigenvalue weighted by atomic mass is 10.1.